The molecule has 7 nitrogen and oxygen atoms in total. The Morgan fingerprint density at radius 2 is 2.00 bits per heavy atom. The molecule has 8 heteroatoms. The van der Waals surface area contributed by atoms with Gasteiger partial charge >= 0.3 is 5.97 Å². The molecule has 1 heterocycles. The van der Waals surface area contributed by atoms with Crippen molar-refractivity contribution in [1.29, 1.82) is 0 Å². The maximum atomic E-state index is 12.2. The van der Waals surface area contributed by atoms with E-state index in [1.54, 1.807) is 6.92 Å². The van der Waals surface area contributed by atoms with Crippen LogP contribution in [0.3, 0.4) is 0 Å². The lowest BCUT2D eigenvalue weighted by Crippen LogP contribution is -2.26. The van der Waals surface area contributed by atoms with Crippen molar-refractivity contribution in [2.75, 3.05) is 19.8 Å². The van der Waals surface area contributed by atoms with Crippen LogP contribution in [-0.2, 0) is 14.8 Å². The van der Waals surface area contributed by atoms with Crippen LogP contribution in [0.1, 0.15) is 41.5 Å². The minimum absolute atomic E-state index is 0.00868. The minimum atomic E-state index is -3.73. The molecule has 0 spiro atoms. The molecule has 0 saturated heterocycles. The molecule has 21 heavy (non-hydrogen) atoms. The number of aromatic nitrogens is 1. The minimum Gasteiger partial charge on any atom is -0.477 e. The lowest BCUT2D eigenvalue weighted by atomic mass is 10.2. The SMILES string of the molecule is CCCOCCCNS(=O)(=O)c1c(C)[nH]c(C(=O)O)c1C. The number of aromatic carboxylic acids is 1. The van der Waals surface area contributed by atoms with E-state index in [-0.39, 0.29) is 22.7 Å². The largest absolute Gasteiger partial charge is 0.477 e. The van der Waals surface area contributed by atoms with Crippen LogP contribution in [0.4, 0.5) is 0 Å². The van der Waals surface area contributed by atoms with Crippen molar-refractivity contribution < 1.29 is 23.1 Å². The summed E-state index contributed by atoms with van der Waals surface area (Å²) in [7, 11) is -3.73. The van der Waals surface area contributed by atoms with Crippen molar-refractivity contribution in [2.45, 2.75) is 38.5 Å². The lowest BCUT2D eigenvalue weighted by molar-refractivity contribution is 0.0690. The maximum absolute atomic E-state index is 12.2. The summed E-state index contributed by atoms with van der Waals surface area (Å²) in [4.78, 5) is 13.6. The number of aryl methyl sites for hydroxylation is 1. The van der Waals surface area contributed by atoms with E-state index in [1.807, 2.05) is 6.92 Å². The van der Waals surface area contributed by atoms with Crippen molar-refractivity contribution in [2.24, 2.45) is 0 Å². The second-order valence-electron chi connectivity index (χ2n) is 4.75. The highest BCUT2D eigenvalue weighted by Gasteiger charge is 2.25. The molecule has 0 aliphatic rings. The molecule has 120 valence electrons. The predicted octanol–water partition coefficient (Wildman–Crippen LogP) is 1.42. The van der Waals surface area contributed by atoms with Crippen LogP contribution < -0.4 is 4.72 Å². The van der Waals surface area contributed by atoms with Crippen LogP contribution in [0.15, 0.2) is 4.90 Å². The first-order chi connectivity index (χ1) is 9.81. The van der Waals surface area contributed by atoms with E-state index < -0.39 is 16.0 Å². The molecule has 3 N–H and O–H groups in total. The predicted molar refractivity (Wildman–Crippen MR) is 78.1 cm³/mol. The topological polar surface area (TPSA) is 108 Å². The van der Waals surface area contributed by atoms with Gasteiger partial charge in [0.1, 0.15) is 10.6 Å². The van der Waals surface area contributed by atoms with Gasteiger partial charge in [-0.1, -0.05) is 6.92 Å². The molecule has 0 amide bonds. The monoisotopic (exact) mass is 318 g/mol. The van der Waals surface area contributed by atoms with E-state index in [4.69, 9.17) is 9.84 Å². The van der Waals surface area contributed by atoms with Crippen LogP contribution in [-0.4, -0.2) is 44.2 Å². The maximum Gasteiger partial charge on any atom is 0.352 e. The molecule has 0 aliphatic carbocycles. The molecular formula is C13H22N2O5S. The van der Waals surface area contributed by atoms with Crippen LogP contribution in [0.2, 0.25) is 0 Å². The van der Waals surface area contributed by atoms with Crippen molar-refractivity contribution in [3.8, 4) is 0 Å². The molecule has 1 aromatic heterocycles. The Labute approximate surface area is 124 Å². The highest BCUT2D eigenvalue weighted by molar-refractivity contribution is 7.89. The summed E-state index contributed by atoms with van der Waals surface area (Å²) in [5, 5.41) is 9.00. The third kappa shape index (κ3) is 4.55. The Morgan fingerprint density at radius 3 is 2.52 bits per heavy atom. The summed E-state index contributed by atoms with van der Waals surface area (Å²) in [6, 6.07) is 0. The summed E-state index contributed by atoms with van der Waals surface area (Å²) in [5.74, 6) is -1.18. The number of ether oxygens (including phenoxy) is 1. The molecule has 0 bridgehead atoms. The van der Waals surface area contributed by atoms with Crippen molar-refractivity contribution in [1.82, 2.24) is 9.71 Å². The smallest absolute Gasteiger partial charge is 0.352 e. The number of rotatable bonds is 9. The van der Waals surface area contributed by atoms with Crippen molar-refractivity contribution >= 4 is 16.0 Å². The van der Waals surface area contributed by atoms with E-state index in [0.717, 1.165) is 6.42 Å². The van der Waals surface area contributed by atoms with E-state index in [1.165, 1.54) is 6.92 Å². The Hall–Kier alpha value is -1.38. The highest BCUT2D eigenvalue weighted by Crippen LogP contribution is 2.22. The highest BCUT2D eigenvalue weighted by atomic mass is 32.2. The van der Waals surface area contributed by atoms with Gasteiger partial charge < -0.3 is 14.8 Å². The average molecular weight is 318 g/mol. The van der Waals surface area contributed by atoms with Gasteiger partial charge in [0.15, 0.2) is 0 Å². The fourth-order valence-electron chi connectivity index (χ4n) is 2.05. The lowest BCUT2D eigenvalue weighted by Gasteiger charge is -2.08. The standard InChI is InChI=1S/C13H22N2O5S/c1-4-7-20-8-5-6-14-21(18,19)12-9(2)11(13(16)17)15-10(12)3/h14-15H,4-8H2,1-3H3,(H,16,17). The van der Waals surface area contributed by atoms with Gasteiger partial charge in [-0.05, 0) is 26.7 Å². The van der Waals surface area contributed by atoms with E-state index in [2.05, 4.69) is 9.71 Å². The first-order valence-corrected chi connectivity index (χ1v) is 8.29. The Bertz CT molecular complexity index is 592. The van der Waals surface area contributed by atoms with E-state index >= 15 is 0 Å². The number of carbonyl (C=O) groups is 1. The van der Waals surface area contributed by atoms with Crippen LogP contribution in [0.5, 0.6) is 0 Å². The summed E-state index contributed by atoms with van der Waals surface area (Å²) in [6.07, 6.45) is 1.49. The third-order valence-corrected chi connectivity index (χ3v) is 4.69. The van der Waals surface area contributed by atoms with Gasteiger partial charge in [-0.2, -0.15) is 0 Å². The quantitative estimate of drug-likeness (QED) is 0.597. The Morgan fingerprint density at radius 1 is 1.33 bits per heavy atom. The second kappa shape index (κ2) is 7.58. The average Bonchev–Trinajstić information content (AvgIpc) is 2.69. The number of aromatic amines is 1. The number of carboxylic acids is 1. The van der Waals surface area contributed by atoms with Gasteiger partial charge in [0.2, 0.25) is 10.0 Å². The molecule has 0 unspecified atom stereocenters. The fraction of sp³-hybridized carbons (Fsp3) is 0.615. The number of carboxylic acid groups (broad SMARTS) is 1. The zero-order valence-corrected chi connectivity index (χ0v) is 13.3. The zero-order valence-electron chi connectivity index (χ0n) is 12.5. The molecule has 0 atom stereocenters. The fourth-order valence-corrected chi connectivity index (χ4v) is 3.57. The van der Waals surface area contributed by atoms with Gasteiger partial charge in [-0.15, -0.1) is 0 Å². The van der Waals surface area contributed by atoms with Crippen LogP contribution >= 0.6 is 0 Å². The first-order valence-electron chi connectivity index (χ1n) is 6.81. The first kappa shape index (κ1) is 17.7. The number of sulfonamides is 1. The zero-order chi connectivity index (χ0) is 16.0. The third-order valence-electron chi connectivity index (χ3n) is 2.96. The van der Waals surface area contributed by atoms with Gasteiger partial charge in [0.25, 0.3) is 0 Å². The summed E-state index contributed by atoms with van der Waals surface area (Å²) in [6.45, 7) is 6.41. The normalized spacial score (nSPS) is 11.8. The number of nitrogens with one attached hydrogen (secondary N) is 2. The molecular weight excluding hydrogens is 296 g/mol. The van der Waals surface area contributed by atoms with Crippen LogP contribution in [0, 0.1) is 13.8 Å². The molecule has 0 fully saturated rings. The summed E-state index contributed by atoms with van der Waals surface area (Å²) in [5.41, 5.74) is 0.438. The second-order valence-corrected chi connectivity index (χ2v) is 6.45. The molecule has 0 aliphatic heterocycles. The van der Waals surface area contributed by atoms with Crippen molar-refractivity contribution in [3.05, 3.63) is 17.0 Å². The molecule has 1 rings (SSSR count). The van der Waals surface area contributed by atoms with Gasteiger partial charge in [0, 0.05) is 31.0 Å². The Balaban J connectivity index is 2.73. The summed E-state index contributed by atoms with van der Waals surface area (Å²) >= 11 is 0. The van der Waals surface area contributed by atoms with E-state index in [0.29, 0.717) is 25.3 Å². The van der Waals surface area contributed by atoms with Gasteiger partial charge in [-0.3, -0.25) is 0 Å². The number of hydrogen-bond acceptors (Lipinski definition) is 4. The summed E-state index contributed by atoms with van der Waals surface area (Å²) < 4.78 is 32.2. The van der Waals surface area contributed by atoms with E-state index in [9.17, 15) is 13.2 Å². The molecule has 1 aromatic rings. The van der Waals surface area contributed by atoms with Crippen LogP contribution in [0.25, 0.3) is 0 Å². The molecule has 0 saturated carbocycles. The molecule has 0 aromatic carbocycles. The van der Waals surface area contributed by atoms with Gasteiger partial charge in [0.05, 0.1) is 0 Å². The van der Waals surface area contributed by atoms with Gasteiger partial charge in [-0.25, -0.2) is 17.9 Å². The molecule has 0 radical (unpaired) electrons. The Kier molecular flexibility index (Phi) is 6.38. The number of H-pyrrole nitrogens is 1. The number of hydrogen-bond donors (Lipinski definition) is 3. The van der Waals surface area contributed by atoms with Crippen molar-refractivity contribution in [3.63, 3.8) is 0 Å².